The predicted octanol–water partition coefficient (Wildman–Crippen LogP) is 11.4. The van der Waals surface area contributed by atoms with Crippen molar-refractivity contribution in [1.29, 1.82) is 0 Å². The van der Waals surface area contributed by atoms with Gasteiger partial charge in [-0.2, -0.15) is 0 Å². The molecule has 1 aliphatic carbocycles. The highest BCUT2D eigenvalue weighted by molar-refractivity contribution is 6.13. The smallest absolute Gasteiger partial charge is 0.164 e. The van der Waals surface area contributed by atoms with Gasteiger partial charge in [-0.3, -0.25) is 0 Å². The molecule has 9 aromatic rings. The lowest BCUT2D eigenvalue weighted by atomic mass is 9.78. The van der Waals surface area contributed by atoms with Crippen molar-refractivity contribution in [2.24, 2.45) is 0 Å². The van der Waals surface area contributed by atoms with E-state index in [4.69, 9.17) is 24.1 Å². The molecule has 0 amide bonds. The number of fused-ring (bicyclic) bond motifs is 9. The summed E-state index contributed by atoms with van der Waals surface area (Å²) in [6, 6.07) is 52.4. The second-order valence-corrected chi connectivity index (χ2v) is 13.5. The third-order valence-corrected chi connectivity index (χ3v) is 10.5. The Balaban J connectivity index is 1.14. The largest absolute Gasteiger partial charge is 0.484 e. The van der Waals surface area contributed by atoms with Crippen molar-refractivity contribution < 1.29 is 9.15 Å². The molecule has 0 bridgehead atoms. The second-order valence-electron chi connectivity index (χ2n) is 13.5. The zero-order chi connectivity index (χ0) is 34.2. The standard InChI is InChI=1S/C47H29N3O2/c1-2-12-28(13-3-1)45-48-46(50-47(49-45)39-27-29-14-4-5-15-31(29)33-16-6-7-17-34(33)39)37-24-23-32(44-43(37)36-19-9-11-21-41(36)52-44)30-22-25-42-38(26-30)35-18-8-10-20-40(35)51-42/h1-27,43-44H. The van der Waals surface area contributed by atoms with E-state index in [0.717, 1.165) is 71.9 Å². The first-order valence-corrected chi connectivity index (χ1v) is 17.6. The molecule has 52 heavy (non-hydrogen) atoms. The van der Waals surface area contributed by atoms with Crippen LogP contribution in [-0.2, 0) is 0 Å². The number of furan rings is 1. The van der Waals surface area contributed by atoms with Crippen LogP contribution in [0, 0.1) is 0 Å². The van der Waals surface area contributed by atoms with Gasteiger partial charge < -0.3 is 9.15 Å². The van der Waals surface area contributed by atoms with E-state index in [1.54, 1.807) is 0 Å². The first-order valence-electron chi connectivity index (χ1n) is 17.6. The fourth-order valence-corrected chi connectivity index (χ4v) is 8.13. The van der Waals surface area contributed by atoms with Crippen molar-refractivity contribution in [1.82, 2.24) is 15.0 Å². The lowest BCUT2D eigenvalue weighted by molar-refractivity contribution is 0.281. The molecule has 2 aromatic heterocycles. The summed E-state index contributed by atoms with van der Waals surface area (Å²) in [5.74, 6) is 2.67. The van der Waals surface area contributed by atoms with Crippen LogP contribution >= 0.6 is 0 Å². The summed E-state index contributed by atoms with van der Waals surface area (Å²) in [5.41, 5.74) is 8.00. The predicted molar refractivity (Wildman–Crippen MR) is 209 cm³/mol. The van der Waals surface area contributed by atoms with E-state index < -0.39 is 0 Å². The summed E-state index contributed by atoms with van der Waals surface area (Å²) in [6.07, 6.45) is 4.10. The molecule has 2 atom stereocenters. The van der Waals surface area contributed by atoms with Crippen LogP contribution in [0.1, 0.15) is 22.9 Å². The summed E-state index contributed by atoms with van der Waals surface area (Å²) in [7, 11) is 0. The number of benzene rings is 7. The van der Waals surface area contributed by atoms with Crippen molar-refractivity contribution in [3.63, 3.8) is 0 Å². The van der Waals surface area contributed by atoms with Crippen LogP contribution in [0.3, 0.4) is 0 Å². The van der Waals surface area contributed by atoms with E-state index in [1.165, 1.54) is 10.8 Å². The number of allylic oxidation sites excluding steroid dienone is 2. The Bertz CT molecular complexity index is 2960. The monoisotopic (exact) mass is 667 g/mol. The van der Waals surface area contributed by atoms with E-state index in [0.29, 0.717) is 17.5 Å². The van der Waals surface area contributed by atoms with E-state index in [1.807, 2.05) is 36.4 Å². The molecule has 2 unspecified atom stereocenters. The van der Waals surface area contributed by atoms with Gasteiger partial charge in [-0.15, -0.1) is 0 Å². The maximum Gasteiger partial charge on any atom is 0.164 e. The van der Waals surface area contributed by atoms with Crippen molar-refractivity contribution in [3.05, 3.63) is 181 Å². The van der Waals surface area contributed by atoms with Gasteiger partial charge in [0.25, 0.3) is 0 Å². The molecule has 0 spiro atoms. The molecule has 0 saturated heterocycles. The fraction of sp³-hybridized carbons (Fsp3) is 0.0426. The second kappa shape index (κ2) is 11.3. The first-order chi connectivity index (χ1) is 25.8. The van der Waals surface area contributed by atoms with Gasteiger partial charge in [0.05, 0.1) is 5.92 Å². The Morgan fingerprint density at radius 1 is 0.442 bits per heavy atom. The minimum absolute atomic E-state index is 0.125. The van der Waals surface area contributed by atoms with E-state index in [2.05, 4.69) is 127 Å². The Morgan fingerprint density at radius 2 is 1.12 bits per heavy atom. The molecule has 3 heterocycles. The number of ether oxygens (including phenoxy) is 1. The molecule has 1 aliphatic heterocycles. The van der Waals surface area contributed by atoms with Crippen LogP contribution in [0.4, 0.5) is 0 Å². The molecule has 7 aromatic carbocycles. The van der Waals surface area contributed by atoms with Crippen LogP contribution < -0.4 is 4.74 Å². The van der Waals surface area contributed by atoms with Crippen molar-refractivity contribution in [2.75, 3.05) is 0 Å². The van der Waals surface area contributed by atoms with Gasteiger partial charge in [0.1, 0.15) is 23.0 Å². The topological polar surface area (TPSA) is 61.0 Å². The molecule has 244 valence electrons. The number of para-hydroxylation sites is 2. The molecule has 2 aliphatic rings. The molecule has 11 rings (SSSR count). The SMILES string of the molecule is C1=C(c2ccc3oc4ccccc4c3c2)C2Oc3ccccc3C2C(c2nc(-c3ccccc3)nc(-c3cc4ccccc4c4ccccc34)n2)=C1. The van der Waals surface area contributed by atoms with Gasteiger partial charge in [0.2, 0.25) is 0 Å². The zero-order valence-corrected chi connectivity index (χ0v) is 27.9. The maximum absolute atomic E-state index is 6.84. The summed E-state index contributed by atoms with van der Waals surface area (Å²) < 4.78 is 13.0. The number of hydrogen-bond donors (Lipinski definition) is 0. The van der Waals surface area contributed by atoms with Gasteiger partial charge in [0.15, 0.2) is 17.5 Å². The maximum atomic E-state index is 6.84. The van der Waals surface area contributed by atoms with Crippen LogP contribution in [0.5, 0.6) is 5.75 Å². The van der Waals surface area contributed by atoms with Crippen molar-refractivity contribution in [2.45, 2.75) is 12.0 Å². The average Bonchev–Trinajstić information content (AvgIpc) is 3.79. The van der Waals surface area contributed by atoms with Gasteiger partial charge >= 0.3 is 0 Å². The highest BCUT2D eigenvalue weighted by Crippen LogP contribution is 2.52. The number of aromatic nitrogens is 3. The molecule has 5 heteroatoms. The molecule has 0 saturated carbocycles. The number of hydrogen-bond acceptors (Lipinski definition) is 5. The molecular formula is C47H29N3O2. The van der Waals surface area contributed by atoms with Crippen molar-refractivity contribution >= 4 is 54.6 Å². The van der Waals surface area contributed by atoms with Crippen LogP contribution in [0.2, 0.25) is 0 Å². The Hall–Kier alpha value is -6.85. The third kappa shape index (κ3) is 4.46. The fourth-order valence-electron chi connectivity index (χ4n) is 8.13. The van der Waals surface area contributed by atoms with Gasteiger partial charge in [-0.05, 0) is 57.4 Å². The van der Waals surface area contributed by atoms with E-state index in [-0.39, 0.29) is 12.0 Å². The molecule has 0 fully saturated rings. The summed E-state index contributed by atoms with van der Waals surface area (Å²) in [5, 5.41) is 6.82. The Kier molecular flexibility index (Phi) is 6.31. The molecular weight excluding hydrogens is 639 g/mol. The molecule has 0 radical (unpaired) electrons. The van der Waals surface area contributed by atoms with Gasteiger partial charge in [-0.1, -0.05) is 133 Å². The summed E-state index contributed by atoms with van der Waals surface area (Å²) in [4.78, 5) is 15.7. The van der Waals surface area contributed by atoms with Crippen LogP contribution in [0.25, 0.3) is 77.4 Å². The average molecular weight is 668 g/mol. The minimum Gasteiger partial charge on any atom is -0.484 e. The third-order valence-electron chi connectivity index (χ3n) is 10.5. The van der Waals surface area contributed by atoms with E-state index >= 15 is 0 Å². The summed E-state index contributed by atoms with van der Waals surface area (Å²) >= 11 is 0. The highest BCUT2D eigenvalue weighted by atomic mass is 16.5. The Labute approximate surface area is 299 Å². The van der Waals surface area contributed by atoms with Crippen LogP contribution in [-0.4, -0.2) is 21.1 Å². The zero-order valence-electron chi connectivity index (χ0n) is 27.9. The normalized spacial score (nSPS) is 16.5. The van der Waals surface area contributed by atoms with Crippen LogP contribution in [0.15, 0.2) is 168 Å². The first kappa shape index (κ1) is 28.9. The molecule has 5 nitrogen and oxygen atoms in total. The lowest BCUT2D eigenvalue weighted by Crippen LogP contribution is -2.25. The van der Waals surface area contributed by atoms with Gasteiger partial charge in [-0.25, -0.2) is 15.0 Å². The van der Waals surface area contributed by atoms with Crippen molar-refractivity contribution in [3.8, 4) is 28.5 Å². The number of rotatable bonds is 4. The van der Waals surface area contributed by atoms with E-state index in [9.17, 15) is 0 Å². The van der Waals surface area contributed by atoms with Gasteiger partial charge in [0, 0.05) is 38.6 Å². The quantitative estimate of drug-likeness (QED) is 0.175. The Morgan fingerprint density at radius 3 is 2.02 bits per heavy atom. The number of nitrogens with zero attached hydrogens (tertiary/aromatic N) is 3. The summed E-state index contributed by atoms with van der Waals surface area (Å²) in [6.45, 7) is 0. The minimum atomic E-state index is -0.269. The lowest BCUT2D eigenvalue weighted by Gasteiger charge is -2.27. The highest BCUT2D eigenvalue weighted by Gasteiger charge is 2.42. The molecule has 0 N–H and O–H groups in total.